The second kappa shape index (κ2) is 8.71. The smallest absolute Gasteiger partial charge is 0.238 e. The molecule has 0 bridgehead atoms. The van der Waals surface area contributed by atoms with Crippen molar-refractivity contribution in [1.82, 2.24) is 0 Å². The van der Waals surface area contributed by atoms with Gasteiger partial charge in [0.25, 0.3) is 0 Å². The Hall–Kier alpha value is -1.78. The largest absolute Gasteiger partial charge is 0.248 e. The minimum Gasteiger partial charge on any atom is -0.248 e. The second-order valence-corrected chi connectivity index (χ2v) is 11.6. The van der Waals surface area contributed by atoms with Crippen molar-refractivity contribution in [3.05, 3.63) is 89.5 Å². The van der Waals surface area contributed by atoms with Gasteiger partial charge in [0.05, 0.1) is 15.9 Å². The van der Waals surface area contributed by atoms with Gasteiger partial charge in [-0.3, -0.25) is 0 Å². The normalized spacial score (nSPS) is 11.6. The summed E-state index contributed by atoms with van der Waals surface area (Å²) < 4.78 is -0.808. The third-order valence-corrected chi connectivity index (χ3v) is 11.2. The van der Waals surface area contributed by atoms with Gasteiger partial charge in [-0.05, 0) is 55.7 Å². The van der Waals surface area contributed by atoms with E-state index in [0.29, 0.717) is 0 Å². The Morgan fingerprint density at radius 3 is 1.29 bits per heavy atom. The highest BCUT2D eigenvalue weighted by Crippen LogP contribution is 2.61. The molecule has 28 heavy (non-hydrogen) atoms. The van der Waals surface area contributed by atoms with Gasteiger partial charge in [0.15, 0.2) is 0 Å². The van der Waals surface area contributed by atoms with Gasteiger partial charge in [-0.25, -0.2) is 5.26 Å². The van der Waals surface area contributed by atoms with Gasteiger partial charge < -0.3 is 0 Å². The molecule has 0 aromatic heterocycles. The second-order valence-electron chi connectivity index (χ2n) is 6.99. The van der Waals surface area contributed by atoms with Crippen LogP contribution in [0.1, 0.15) is 16.7 Å². The lowest BCUT2D eigenvalue weighted by Gasteiger charge is -2.42. The Kier molecular flexibility index (Phi) is 6.52. The van der Waals surface area contributed by atoms with Gasteiger partial charge in [-0.15, -0.1) is 29.2 Å². The van der Waals surface area contributed by atoms with E-state index in [1.165, 1.54) is 0 Å². The quantitative estimate of drug-likeness (QED) is 0.309. The molecule has 5 heteroatoms. The van der Waals surface area contributed by atoms with Crippen molar-refractivity contribution in [2.75, 3.05) is 0 Å². The van der Waals surface area contributed by atoms with Crippen molar-refractivity contribution < 1.29 is 0 Å². The number of nitrogens with zero attached hydrogens (tertiary/aromatic N) is 1. The SMILES string of the molecule is Cc1ccccc1[P+]([B-](C#N)C(Cl)Cl)(c1ccccc1C)c1ccccc1C. The number of nitriles is 1. The molecule has 0 aliphatic rings. The van der Waals surface area contributed by atoms with Crippen LogP contribution in [0.25, 0.3) is 0 Å². The van der Waals surface area contributed by atoms with Crippen LogP contribution in [-0.4, -0.2) is 11.2 Å². The van der Waals surface area contributed by atoms with E-state index < -0.39 is 18.3 Å². The first-order valence-corrected chi connectivity index (χ1v) is 11.9. The van der Waals surface area contributed by atoms with Crippen LogP contribution < -0.4 is 15.9 Å². The fourth-order valence-electron chi connectivity index (χ4n) is 4.03. The highest BCUT2D eigenvalue weighted by atomic mass is 35.5. The van der Waals surface area contributed by atoms with E-state index in [2.05, 4.69) is 63.1 Å². The van der Waals surface area contributed by atoms with Gasteiger partial charge in [0.2, 0.25) is 6.43 Å². The fraction of sp³-hybridized carbons (Fsp3) is 0.174. The zero-order chi connectivity index (χ0) is 20.3. The Bertz CT molecular complexity index is 918. The summed E-state index contributed by atoms with van der Waals surface area (Å²) in [6, 6.07) is 25.0. The first-order chi connectivity index (χ1) is 13.4. The van der Waals surface area contributed by atoms with Gasteiger partial charge in [0, 0.05) is 4.74 Å². The number of alkyl halides is 2. The molecule has 0 saturated heterocycles. The van der Waals surface area contributed by atoms with Crippen LogP contribution >= 0.6 is 30.3 Å². The van der Waals surface area contributed by atoms with Crippen LogP contribution in [0.5, 0.6) is 0 Å². The third-order valence-electron chi connectivity index (χ3n) is 5.27. The predicted octanol–water partition coefficient (Wildman–Crippen LogP) is 5.30. The van der Waals surface area contributed by atoms with E-state index >= 15 is 0 Å². The van der Waals surface area contributed by atoms with Crippen molar-refractivity contribution in [3.63, 3.8) is 0 Å². The van der Waals surface area contributed by atoms with Crippen molar-refractivity contribution >= 4 is 52.7 Å². The number of hydrogen-bond acceptors (Lipinski definition) is 1. The zero-order valence-corrected chi connectivity index (χ0v) is 18.6. The Balaban J connectivity index is 2.58. The third kappa shape index (κ3) is 3.49. The number of halogens is 2. The van der Waals surface area contributed by atoms with Gasteiger partial charge in [-0.1, -0.05) is 61.7 Å². The molecule has 3 aromatic carbocycles. The highest BCUT2D eigenvalue weighted by molar-refractivity contribution is 8.20. The summed E-state index contributed by atoms with van der Waals surface area (Å²) in [6.45, 7) is 6.31. The summed E-state index contributed by atoms with van der Waals surface area (Å²) in [5.41, 5.74) is 3.45. The highest BCUT2D eigenvalue weighted by Gasteiger charge is 2.49. The molecule has 1 nitrogen and oxygen atoms in total. The lowest BCUT2D eigenvalue weighted by atomic mass is 9.82. The molecule has 0 heterocycles. The number of aryl methyl sites for hydroxylation is 3. The van der Waals surface area contributed by atoms with Crippen LogP contribution in [0.3, 0.4) is 0 Å². The van der Waals surface area contributed by atoms with Crippen LogP contribution in [0.2, 0.25) is 0 Å². The fourth-order valence-corrected chi connectivity index (χ4v) is 10.2. The molecule has 0 unspecified atom stereocenters. The van der Waals surface area contributed by atoms with Gasteiger partial charge in [0.1, 0.15) is 0 Å². The molecular formula is C23H22BCl2NP. The Labute approximate surface area is 178 Å². The average Bonchev–Trinajstić information content (AvgIpc) is 2.68. The Morgan fingerprint density at radius 1 is 0.714 bits per heavy atom. The van der Waals surface area contributed by atoms with E-state index in [1.54, 1.807) is 0 Å². The number of benzene rings is 3. The maximum absolute atomic E-state index is 10.3. The molecule has 0 aliphatic heterocycles. The lowest BCUT2D eigenvalue weighted by Crippen LogP contribution is -2.46. The topological polar surface area (TPSA) is 23.8 Å². The van der Waals surface area contributed by atoms with E-state index in [-0.39, 0.29) is 0 Å². The van der Waals surface area contributed by atoms with E-state index in [4.69, 9.17) is 23.2 Å². The number of rotatable bonds is 5. The van der Waals surface area contributed by atoms with Gasteiger partial charge in [-0.2, -0.15) is 0 Å². The summed E-state index contributed by atoms with van der Waals surface area (Å²) in [4.78, 5) is 0. The van der Waals surface area contributed by atoms with Crippen molar-refractivity contribution in [3.8, 4) is 5.97 Å². The molecule has 0 aliphatic carbocycles. The predicted molar refractivity (Wildman–Crippen MR) is 126 cm³/mol. The summed E-state index contributed by atoms with van der Waals surface area (Å²) in [7, 11) is -2.46. The standard InChI is InChI=1S/C23H22BCl2NP/c1-17-10-4-7-13-20(17)28(24(16-27)23(25)26,21-14-8-5-11-18(21)2)22-15-9-6-12-19(22)3/h4-15,23H,1-3H3. The van der Waals surface area contributed by atoms with E-state index in [9.17, 15) is 5.26 Å². The first kappa shape index (κ1) is 20.9. The summed E-state index contributed by atoms with van der Waals surface area (Å²) in [5, 5.41) is 13.8. The molecule has 141 valence electrons. The van der Waals surface area contributed by atoms with Crippen LogP contribution in [0.15, 0.2) is 72.8 Å². The van der Waals surface area contributed by atoms with Crippen molar-refractivity contribution in [2.45, 2.75) is 25.5 Å². The maximum Gasteiger partial charge on any atom is 0.238 e. The van der Waals surface area contributed by atoms with Gasteiger partial charge >= 0.3 is 0 Å². The van der Waals surface area contributed by atoms with Crippen molar-refractivity contribution in [2.24, 2.45) is 0 Å². The average molecular weight is 425 g/mol. The molecule has 0 saturated carbocycles. The lowest BCUT2D eigenvalue weighted by molar-refractivity contribution is 1.49. The summed E-state index contributed by atoms with van der Waals surface area (Å²) in [5.74, 6) is 2.51. The molecule has 3 rings (SSSR count). The van der Waals surface area contributed by atoms with Crippen molar-refractivity contribution in [1.29, 1.82) is 5.26 Å². The van der Waals surface area contributed by atoms with Crippen LogP contribution in [0.4, 0.5) is 0 Å². The minimum atomic E-state index is -2.46. The summed E-state index contributed by atoms with van der Waals surface area (Å²) >= 11 is 13.0. The van der Waals surface area contributed by atoms with E-state index in [0.717, 1.165) is 32.6 Å². The van der Waals surface area contributed by atoms with Crippen LogP contribution in [0, 0.1) is 32.0 Å². The minimum absolute atomic E-state index is 0.556. The molecular weight excluding hydrogens is 403 g/mol. The number of hydrogen-bond donors (Lipinski definition) is 0. The zero-order valence-electron chi connectivity index (χ0n) is 16.2. The molecule has 1 radical (unpaired) electrons. The molecule has 0 amide bonds. The molecule has 0 atom stereocenters. The van der Waals surface area contributed by atoms with E-state index in [1.807, 2.05) is 36.4 Å². The van der Waals surface area contributed by atoms with Crippen LogP contribution in [-0.2, 0) is 0 Å². The summed E-state index contributed by atoms with van der Waals surface area (Å²) in [6.07, 6.45) is -0.556. The molecule has 3 aromatic rings. The molecule has 0 fully saturated rings. The maximum atomic E-state index is 10.3. The monoisotopic (exact) mass is 424 g/mol. The molecule has 0 spiro atoms. The Morgan fingerprint density at radius 2 is 1.04 bits per heavy atom. The first-order valence-electron chi connectivity index (χ1n) is 9.19. The molecule has 0 N–H and O–H groups in total.